The highest BCUT2D eigenvalue weighted by Gasteiger charge is 2.44. The maximum absolute atomic E-state index is 12.2. The van der Waals surface area contributed by atoms with Crippen LogP contribution in [-0.2, 0) is 33.3 Å². The number of hydrogen-bond acceptors (Lipinski definition) is 12. The fourth-order valence-corrected chi connectivity index (χ4v) is 3.74. The van der Waals surface area contributed by atoms with Crippen LogP contribution in [0.25, 0.3) is 11.2 Å². The first-order chi connectivity index (χ1) is 16.5. The number of carbonyl (C=O) groups is 3. The van der Waals surface area contributed by atoms with E-state index in [2.05, 4.69) is 25.6 Å². The Morgan fingerprint density at radius 3 is 2.79 bits per heavy atom. The molecule has 4 rings (SSSR count). The number of carbonyl (C=O) groups excluding carboxylic acids is 3. The third-order valence-electron chi connectivity index (χ3n) is 5.31. The highest BCUT2D eigenvalue weighted by Crippen LogP contribution is 2.32. The van der Waals surface area contributed by atoms with Gasteiger partial charge in [0, 0.05) is 20.6 Å². The van der Waals surface area contributed by atoms with Gasteiger partial charge in [0.2, 0.25) is 0 Å². The van der Waals surface area contributed by atoms with Crippen LogP contribution in [-0.4, -0.2) is 89.3 Å². The molecule has 0 saturated carbocycles. The molecule has 1 amide bonds. The van der Waals surface area contributed by atoms with E-state index < -0.39 is 36.5 Å². The zero-order valence-electron chi connectivity index (χ0n) is 18.8. The Hall–Kier alpha value is -3.52. The number of anilines is 1. The molecule has 0 bridgehead atoms. The topological polar surface area (TPSA) is 165 Å². The first-order valence-corrected chi connectivity index (χ1v) is 10.8. The van der Waals surface area contributed by atoms with Gasteiger partial charge in [0.05, 0.1) is 32.0 Å². The molecular weight excluding hydrogens is 452 g/mol. The molecule has 14 heteroatoms. The summed E-state index contributed by atoms with van der Waals surface area (Å²) in [6.07, 6.45) is 0.319. The molecule has 2 aliphatic rings. The summed E-state index contributed by atoms with van der Waals surface area (Å²) in [5.74, 6) is -0.633. The van der Waals surface area contributed by atoms with Crippen molar-refractivity contribution in [3.05, 3.63) is 12.7 Å². The fraction of sp³-hybridized carbons (Fsp3) is 0.600. The number of esters is 2. The molecule has 2 aromatic rings. The number of imidazole rings is 1. The van der Waals surface area contributed by atoms with E-state index in [4.69, 9.17) is 23.7 Å². The van der Waals surface area contributed by atoms with Gasteiger partial charge in [-0.25, -0.2) is 19.7 Å². The van der Waals surface area contributed by atoms with Crippen molar-refractivity contribution < 1.29 is 38.1 Å². The van der Waals surface area contributed by atoms with Gasteiger partial charge in [-0.2, -0.15) is 0 Å². The third kappa shape index (κ3) is 5.34. The Bertz CT molecular complexity index is 1040. The second-order valence-corrected chi connectivity index (χ2v) is 7.71. The van der Waals surface area contributed by atoms with Crippen LogP contribution < -0.4 is 10.6 Å². The third-order valence-corrected chi connectivity index (χ3v) is 5.31. The Morgan fingerprint density at radius 1 is 1.21 bits per heavy atom. The molecule has 2 N–H and O–H groups in total. The zero-order valence-corrected chi connectivity index (χ0v) is 18.8. The summed E-state index contributed by atoms with van der Waals surface area (Å²) in [6.45, 7) is 2.34. The van der Waals surface area contributed by atoms with Gasteiger partial charge in [-0.3, -0.25) is 14.2 Å². The number of alkyl carbamates (subject to hydrolysis) is 1. The van der Waals surface area contributed by atoms with Crippen LogP contribution in [0.2, 0.25) is 0 Å². The van der Waals surface area contributed by atoms with E-state index in [-0.39, 0.29) is 25.7 Å². The second kappa shape index (κ2) is 10.6. The predicted molar refractivity (Wildman–Crippen MR) is 114 cm³/mol. The van der Waals surface area contributed by atoms with Gasteiger partial charge in [0.25, 0.3) is 0 Å². The quantitative estimate of drug-likeness (QED) is 0.390. The van der Waals surface area contributed by atoms with Crippen LogP contribution in [0.5, 0.6) is 0 Å². The smallest absolute Gasteiger partial charge is 0.406 e. The van der Waals surface area contributed by atoms with E-state index in [1.165, 1.54) is 26.6 Å². The molecule has 0 unspecified atom stereocenters. The molecule has 4 atom stereocenters. The van der Waals surface area contributed by atoms with Gasteiger partial charge in [-0.1, -0.05) is 0 Å². The molecule has 0 aliphatic carbocycles. The zero-order chi connectivity index (χ0) is 24.1. The van der Waals surface area contributed by atoms with Crippen molar-refractivity contribution in [1.29, 1.82) is 0 Å². The van der Waals surface area contributed by atoms with Crippen molar-refractivity contribution in [2.24, 2.45) is 0 Å². The van der Waals surface area contributed by atoms with Crippen molar-refractivity contribution >= 4 is 35.0 Å². The van der Waals surface area contributed by atoms with Crippen molar-refractivity contribution in [2.45, 2.75) is 44.2 Å². The number of ether oxygens (including phenoxy) is 5. The Morgan fingerprint density at radius 2 is 2.06 bits per heavy atom. The first kappa shape index (κ1) is 23.6. The fourth-order valence-electron chi connectivity index (χ4n) is 3.74. The van der Waals surface area contributed by atoms with Gasteiger partial charge in [0.15, 0.2) is 35.4 Å². The second-order valence-electron chi connectivity index (χ2n) is 7.71. The predicted octanol–water partition coefficient (Wildman–Crippen LogP) is 0.146. The lowest BCUT2D eigenvalue weighted by atomic mass is 10.2. The first-order valence-electron chi connectivity index (χ1n) is 10.8. The minimum atomic E-state index is -0.937. The van der Waals surface area contributed by atoms with Gasteiger partial charge >= 0.3 is 18.0 Å². The lowest BCUT2D eigenvalue weighted by Gasteiger charge is -2.23. The van der Waals surface area contributed by atoms with Crippen molar-refractivity contribution in [3.63, 3.8) is 0 Å². The van der Waals surface area contributed by atoms with Gasteiger partial charge in [-0.15, -0.1) is 0 Å². The van der Waals surface area contributed by atoms with Crippen LogP contribution in [0.3, 0.4) is 0 Å². The van der Waals surface area contributed by atoms with E-state index in [9.17, 15) is 14.4 Å². The number of nitrogens with one attached hydrogen (secondary N) is 2. The highest BCUT2D eigenvalue weighted by atomic mass is 16.6. The standard InChI is InChI=1S/C20H26N6O8/c1-11(27)33-16-13(34-14(28)4-6-31-20(29)21-2)8-32-19(16)26-10-24-15-17(22-9-23-18(15)26)25-12-3-5-30-7-12/h9-10,12-13,16,19H,3-8H2,1-2H3,(H,21,29)(H,22,23,25)/t12-,13-,16-,19-/m1/s1. The summed E-state index contributed by atoms with van der Waals surface area (Å²) >= 11 is 0. The number of amides is 1. The van der Waals surface area contributed by atoms with E-state index in [1.807, 2.05) is 0 Å². The number of rotatable bonds is 8. The molecular formula is C20H26N6O8. The molecule has 184 valence electrons. The molecule has 0 radical (unpaired) electrons. The molecule has 14 nitrogen and oxygen atoms in total. The van der Waals surface area contributed by atoms with Crippen molar-refractivity contribution in [3.8, 4) is 0 Å². The number of nitrogens with zero attached hydrogens (tertiary/aromatic N) is 4. The average molecular weight is 478 g/mol. The number of fused-ring (bicyclic) bond motifs is 1. The monoisotopic (exact) mass is 478 g/mol. The van der Waals surface area contributed by atoms with E-state index in [0.717, 1.165) is 6.42 Å². The normalized spacial score (nSPS) is 24.1. The van der Waals surface area contributed by atoms with Crippen LogP contribution in [0.15, 0.2) is 12.7 Å². The molecule has 34 heavy (non-hydrogen) atoms. The maximum atomic E-state index is 12.2. The average Bonchev–Trinajstić information content (AvgIpc) is 3.55. The Labute approximate surface area is 194 Å². The summed E-state index contributed by atoms with van der Waals surface area (Å²) in [7, 11) is 1.41. The minimum absolute atomic E-state index is 0.0140. The SMILES string of the molecule is CNC(=O)OCCC(=O)O[C@@H]1CO[C@@H](n2cnc3c(N[C@@H]4CCOC4)ncnc32)[C@@H]1OC(C)=O. The van der Waals surface area contributed by atoms with Crippen LogP contribution in [0.4, 0.5) is 10.6 Å². The summed E-state index contributed by atoms with van der Waals surface area (Å²) in [5, 5.41) is 5.59. The molecule has 2 fully saturated rings. The summed E-state index contributed by atoms with van der Waals surface area (Å²) < 4.78 is 28.5. The maximum Gasteiger partial charge on any atom is 0.406 e. The molecule has 2 saturated heterocycles. The lowest BCUT2D eigenvalue weighted by Crippen LogP contribution is -2.36. The van der Waals surface area contributed by atoms with E-state index in [0.29, 0.717) is 30.2 Å². The number of aromatic nitrogens is 4. The van der Waals surface area contributed by atoms with Crippen molar-refractivity contribution in [1.82, 2.24) is 24.8 Å². The molecule has 0 spiro atoms. The Kier molecular flexibility index (Phi) is 7.37. The van der Waals surface area contributed by atoms with Crippen LogP contribution in [0.1, 0.15) is 26.0 Å². The lowest BCUT2D eigenvalue weighted by molar-refractivity contribution is -0.166. The summed E-state index contributed by atoms with van der Waals surface area (Å²) in [4.78, 5) is 48.2. The van der Waals surface area contributed by atoms with Gasteiger partial charge < -0.3 is 34.3 Å². The largest absolute Gasteiger partial charge is 0.456 e. The van der Waals surface area contributed by atoms with Crippen molar-refractivity contribution in [2.75, 3.05) is 38.8 Å². The molecule has 0 aromatic carbocycles. The summed E-state index contributed by atoms with van der Waals surface area (Å²) in [5.41, 5.74) is 0.982. The summed E-state index contributed by atoms with van der Waals surface area (Å²) in [6, 6.07) is 0.121. The molecule has 2 aliphatic heterocycles. The highest BCUT2D eigenvalue weighted by molar-refractivity contribution is 5.83. The van der Waals surface area contributed by atoms with Gasteiger partial charge in [-0.05, 0) is 6.42 Å². The van der Waals surface area contributed by atoms with Gasteiger partial charge in [0.1, 0.15) is 12.9 Å². The number of hydrogen-bond donors (Lipinski definition) is 2. The van der Waals surface area contributed by atoms with E-state index in [1.54, 1.807) is 4.57 Å². The van der Waals surface area contributed by atoms with Crippen LogP contribution >= 0.6 is 0 Å². The Balaban J connectivity index is 1.48. The molecule has 2 aromatic heterocycles. The van der Waals surface area contributed by atoms with E-state index >= 15 is 0 Å². The molecule has 4 heterocycles. The van der Waals surface area contributed by atoms with Crippen LogP contribution in [0, 0.1) is 0 Å². The minimum Gasteiger partial charge on any atom is -0.456 e.